The quantitative estimate of drug-likeness (QED) is 0.435. The minimum absolute atomic E-state index is 0.237. The van der Waals surface area contributed by atoms with Crippen LogP contribution in [0.3, 0.4) is 0 Å². The summed E-state index contributed by atoms with van der Waals surface area (Å²) in [6, 6.07) is 11.0. The van der Waals surface area contributed by atoms with E-state index >= 15 is 0 Å². The fourth-order valence-electron chi connectivity index (χ4n) is 2.77. The molecule has 0 aliphatic carbocycles. The maximum absolute atomic E-state index is 12.2. The molecule has 0 saturated heterocycles. The first-order valence-corrected chi connectivity index (χ1v) is 10.4. The summed E-state index contributed by atoms with van der Waals surface area (Å²) in [7, 11) is 1.53. The Kier molecular flexibility index (Phi) is 8.81. The van der Waals surface area contributed by atoms with Gasteiger partial charge in [0.15, 0.2) is 6.10 Å². The summed E-state index contributed by atoms with van der Waals surface area (Å²) in [6.07, 6.45) is 1.69. The largest absolute Gasteiger partial charge is 0.496 e. The molecule has 0 aliphatic rings. The normalized spacial score (nSPS) is 11.6. The molecule has 1 atom stereocenters. The third kappa shape index (κ3) is 7.25. The third-order valence-corrected chi connectivity index (χ3v) is 4.91. The number of amides is 2. The van der Waals surface area contributed by atoms with Crippen molar-refractivity contribution in [2.24, 2.45) is 0 Å². The van der Waals surface area contributed by atoms with E-state index in [-0.39, 0.29) is 12.5 Å². The molecule has 2 N–H and O–H groups in total. The van der Waals surface area contributed by atoms with Crippen molar-refractivity contribution in [3.8, 4) is 5.75 Å². The second-order valence-corrected chi connectivity index (χ2v) is 7.75. The zero-order chi connectivity index (χ0) is 23.0. The van der Waals surface area contributed by atoms with Crippen molar-refractivity contribution in [1.82, 2.24) is 5.32 Å². The van der Waals surface area contributed by atoms with Gasteiger partial charge in [-0.1, -0.05) is 34.1 Å². The van der Waals surface area contributed by atoms with Gasteiger partial charge in [-0.2, -0.15) is 0 Å². The third-order valence-electron chi connectivity index (χ3n) is 4.42. The summed E-state index contributed by atoms with van der Waals surface area (Å²) >= 11 is 3.36. The predicted octanol–water partition coefficient (Wildman–Crippen LogP) is 3.77. The number of methoxy groups -OCH3 is 1. The molecule has 0 saturated carbocycles. The summed E-state index contributed by atoms with van der Waals surface area (Å²) in [5, 5.41) is 5.25. The zero-order valence-electron chi connectivity index (χ0n) is 17.8. The van der Waals surface area contributed by atoms with Gasteiger partial charge in [0.2, 0.25) is 5.91 Å². The number of carbonyl (C=O) groups is 3. The average molecular weight is 489 g/mol. The first kappa shape index (κ1) is 24.1. The van der Waals surface area contributed by atoms with Crippen LogP contribution in [0.25, 0.3) is 6.08 Å². The zero-order valence-corrected chi connectivity index (χ0v) is 19.4. The van der Waals surface area contributed by atoms with Crippen molar-refractivity contribution in [1.29, 1.82) is 0 Å². The van der Waals surface area contributed by atoms with Gasteiger partial charge in [0, 0.05) is 21.8 Å². The standard InChI is InChI=1S/C23H25BrN2O5/c1-14-6-5-7-15(2)22(14)26-20(27)13-25-23(29)16(3)31-21(28)11-8-17-12-18(24)9-10-19(17)30-4/h5-12,16H,13H2,1-4H3,(H,25,29)(H,26,27)/b11-8+. The van der Waals surface area contributed by atoms with Gasteiger partial charge < -0.3 is 20.1 Å². The van der Waals surface area contributed by atoms with Gasteiger partial charge in [0.25, 0.3) is 5.91 Å². The number of hydrogen-bond acceptors (Lipinski definition) is 5. The van der Waals surface area contributed by atoms with Crippen molar-refractivity contribution in [3.63, 3.8) is 0 Å². The Balaban J connectivity index is 1.86. The summed E-state index contributed by atoms with van der Waals surface area (Å²) in [5.74, 6) is -1.04. The lowest BCUT2D eigenvalue weighted by Gasteiger charge is -2.14. The molecule has 2 amide bonds. The van der Waals surface area contributed by atoms with E-state index in [1.54, 1.807) is 12.1 Å². The van der Waals surface area contributed by atoms with Gasteiger partial charge in [-0.3, -0.25) is 9.59 Å². The fraction of sp³-hybridized carbons (Fsp3) is 0.261. The van der Waals surface area contributed by atoms with Crippen molar-refractivity contribution < 1.29 is 23.9 Å². The number of anilines is 1. The van der Waals surface area contributed by atoms with Crippen LogP contribution < -0.4 is 15.4 Å². The molecule has 0 heterocycles. The Labute approximate surface area is 189 Å². The molecule has 0 aliphatic heterocycles. The highest BCUT2D eigenvalue weighted by molar-refractivity contribution is 9.10. The number of ether oxygens (including phenoxy) is 2. The maximum atomic E-state index is 12.2. The molecule has 0 aromatic heterocycles. The molecule has 7 nitrogen and oxygen atoms in total. The van der Waals surface area contributed by atoms with Crippen LogP contribution in [0.5, 0.6) is 5.75 Å². The minimum atomic E-state index is -1.06. The molecule has 0 spiro atoms. The topological polar surface area (TPSA) is 93.7 Å². The van der Waals surface area contributed by atoms with E-state index in [0.717, 1.165) is 15.6 Å². The van der Waals surface area contributed by atoms with E-state index in [2.05, 4.69) is 26.6 Å². The fourth-order valence-corrected chi connectivity index (χ4v) is 3.15. The molecule has 0 fully saturated rings. The molecule has 0 bridgehead atoms. The van der Waals surface area contributed by atoms with Crippen LogP contribution in [0.2, 0.25) is 0 Å². The summed E-state index contributed by atoms with van der Waals surface area (Å²) in [4.78, 5) is 36.4. The number of benzene rings is 2. The van der Waals surface area contributed by atoms with E-state index in [1.165, 1.54) is 26.2 Å². The van der Waals surface area contributed by atoms with Crippen molar-refractivity contribution >= 4 is 45.5 Å². The van der Waals surface area contributed by atoms with E-state index in [9.17, 15) is 14.4 Å². The van der Waals surface area contributed by atoms with Crippen LogP contribution in [0.15, 0.2) is 46.9 Å². The van der Waals surface area contributed by atoms with Gasteiger partial charge in [-0.25, -0.2) is 4.79 Å². The Bertz CT molecular complexity index is 983. The van der Waals surface area contributed by atoms with E-state index < -0.39 is 18.0 Å². The van der Waals surface area contributed by atoms with Crippen LogP contribution in [0.1, 0.15) is 23.6 Å². The van der Waals surface area contributed by atoms with Crippen LogP contribution >= 0.6 is 15.9 Å². The SMILES string of the molecule is COc1ccc(Br)cc1/C=C/C(=O)OC(C)C(=O)NCC(=O)Nc1c(C)cccc1C. The highest BCUT2D eigenvalue weighted by atomic mass is 79.9. The lowest BCUT2D eigenvalue weighted by Crippen LogP contribution is -2.40. The lowest BCUT2D eigenvalue weighted by atomic mass is 10.1. The van der Waals surface area contributed by atoms with Gasteiger partial charge in [0.1, 0.15) is 5.75 Å². The monoisotopic (exact) mass is 488 g/mol. The summed E-state index contributed by atoms with van der Waals surface area (Å²) in [5.41, 5.74) is 3.25. The number of hydrogen-bond donors (Lipinski definition) is 2. The van der Waals surface area contributed by atoms with E-state index in [1.807, 2.05) is 38.1 Å². The Hall–Kier alpha value is -3.13. The molecule has 2 aromatic rings. The highest BCUT2D eigenvalue weighted by Crippen LogP contribution is 2.24. The Morgan fingerprint density at radius 3 is 2.45 bits per heavy atom. The van der Waals surface area contributed by atoms with Gasteiger partial charge in [0.05, 0.1) is 13.7 Å². The first-order valence-electron chi connectivity index (χ1n) is 9.57. The van der Waals surface area contributed by atoms with Crippen LogP contribution in [-0.2, 0) is 19.1 Å². The first-order chi connectivity index (χ1) is 14.7. The number of aryl methyl sites for hydroxylation is 2. The van der Waals surface area contributed by atoms with Gasteiger partial charge in [-0.15, -0.1) is 0 Å². The van der Waals surface area contributed by atoms with Crippen LogP contribution in [0.4, 0.5) is 5.69 Å². The lowest BCUT2D eigenvalue weighted by molar-refractivity contribution is -0.150. The molecule has 1 unspecified atom stereocenters. The van der Waals surface area contributed by atoms with Crippen LogP contribution in [0, 0.1) is 13.8 Å². The number of para-hydroxylation sites is 1. The number of nitrogens with one attached hydrogen (secondary N) is 2. The van der Waals surface area contributed by atoms with E-state index in [4.69, 9.17) is 9.47 Å². The second-order valence-electron chi connectivity index (χ2n) is 6.83. The number of halogens is 1. The number of carbonyl (C=O) groups excluding carboxylic acids is 3. The second kappa shape index (κ2) is 11.3. The molecule has 2 rings (SSSR count). The molecule has 164 valence electrons. The predicted molar refractivity (Wildman–Crippen MR) is 123 cm³/mol. The molecule has 0 radical (unpaired) electrons. The molecule has 31 heavy (non-hydrogen) atoms. The van der Waals surface area contributed by atoms with E-state index in [0.29, 0.717) is 17.0 Å². The van der Waals surface area contributed by atoms with Gasteiger partial charge >= 0.3 is 5.97 Å². The summed E-state index contributed by atoms with van der Waals surface area (Å²) in [6.45, 7) is 4.98. The Morgan fingerprint density at radius 2 is 1.81 bits per heavy atom. The summed E-state index contributed by atoms with van der Waals surface area (Å²) < 4.78 is 11.2. The number of rotatable bonds is 8. The Morgan fingerprint density at radius 1 is 1.13 bits per heavy atom. The molecule has 8 heteroatoms. The molecule has 2 aromatic carbocycles. The van der Waals surface area contributed by atoms with Crippen molar-refractivity contribution in [3.05, 3.63) is 63.6 Å². The molecular weight excluding hydrogens is 464 g/mol. The van der Waals surface area contributed by atoms with Crippen LogP contribution in [-0.4, -0.2) is 37.5 Å². The maximum Gasteiger partial charge on any atom is 0.331 e. The molecular formula is C23H25BrN2O5. The average Bonchev–Trinajstić information content (AvgIpc) is 2.73. The van der Waals surface area contributed by atoms with Gasteiger partial charge in [-0.05, 0) is 56.2 Å². The minimum Gasteiger partial charge on any atom is -0.496 e. The number of esters is 1. The van der Waals surface area contributed by atoms with Crippen molar-refractivity contribution in [2.75, 3.05) is 19.0 Å². The van der Waals surface area contributed by atoms with Crippen molar-refractivity contribution in [2.45, 2.75) is 26.9 Å². The smallest absolute Gasteiger partial charge is 0.331 e. The highest BCUT2D eigenvalue weighted by Gasteiger charge is 2.18.